The Kier molecular flexibility index (Phi) is 8.15. The van der Waals surface area contributed by atoms with Crippen LogP contribution in [0.3, 0.4) is 0 Å². The Morgan fingerprint density at radius 3 is 2.28 bits per heavy atom. The van der Waals surface area contributed by atoms with Gasteiger partial charge in [-0.1, -0.05) is 42.0 Å². The van der Waals surface area contributed by atoms with Crippen molar-refractivity contribution in [1.29, 1.82) is 0 Å². The lowest BCUT2D eigenvalue weighted by Gasteiger charge is -2.18. The molecule has 1 unspecified atom stereocenters. The second-order valence-corrected chi connectivity index (χ2v) is 6.62. The summed E-state index contributed by atoms with van der Waals surface area (Å²) in [7, 11) is 0. The number of carbonyl (C=O) groups excluding carboxylic acids is 3. The summed E-state index contributed by atoms with van der Waals surface area (Å²) in [5, 5.41) is 5.66. The highest BCUT2D eigenvalue weighted by Gasteiger charge is 2.17. The monoisotopic (exact) mass is 394 g/mol. The molecule has 2 rings (SSSR count). The van der Waals surface area contributed by atoms with Crippen molar-refractivity contribution in [1.82, 2.24) is 5.32 Å². The molecular formula is C23H26N2O4. The third kappa shape index (κ3) is 7.62. The van der Waals surface area contributed by atoms with Crippen LogP contribution in [0, 0.1) is 6.92 Å². The summed E-state index contributed by atoms with van der Waals surface area (Å²) in [5.41, 5.74) is 3.43. The lowest BCUT2D eigenvalue weighted by atomic mass is 10.0. The summed E-state index contributed by atoms with van der Waals surface area (Å²) >= 11 is 0. The molecule has 0 radical (unpaired) electrons. The molecular weight excluding hydrogens is 368 g/mol. The second kappa shape index (κ2) is 10.8. The first-order chi connectivity index (χ1) is 13.9. The smallest absolute Gasteiger partial charge is 0.330 e. The van der Waals surface area contributed by atoms with Gasteiger partial charge in [0.2, 0.25) is 11.8 Å². The predicted octanol–water partition coefficient (Wildman–Crippen LogP) is 3.78. The molecule has 29 heavy (non-hydrogen) atoms. The largest absolute Gasteiger partial charge is 0.463 e. The van der Waals surface area contributed by atoms with Crippen LogP contribution in [0.5, 0.6) is 0 Å². The molecule has 6 heteroatoms. The average Bonchev–Trinajstić information content (AvgIpc) is 2.67. The maximum absolute atomic E-state index is 12.5. The van der Waals surface area contributed by atoms with Crippen molar-refractivity contribution >= 4 is 29.5 Å². The van der Waals surface area contributed by atoms with Crippen molar-refractivity contribution < 1.29 is 19.1 Å². The van der Waals surface area contributed by atoms with Gasteiger partial charge in [0.05, 0.1) is 19.1 Å². The van der Waals surface area contributed by atoms with Crippen LogP contribution in [-0.4, -0.2) is 24.4 Å². The number of anilines is 1. The lowest BCUT2D eigenvalue weighted by Crippen LogP contribution is -2.29. The van der Waals surface area contributed by atoms with Crippen LogP contribution in [-0.2, 0) is 19.1 Å². The highest BCUT2D eigenvalue weighted by atomic mass is 16.5. The van der Waals surface area contributed by atoms with E-state index in [1.54, 1.807) is 37.3 Å². The maximum atomic E-state index is 12.5. The topological polar surface area (TPSA) is 84.5 Å². The number of ether oxygens (including phenoxy) is 1. The van der Waals surface area contributed by atoms with Gasteiger partial charge in [0.15, 0.2) is 0 Å². The number of hydrogen-bond acceptors (Lipinski definition) is 4. The van der Waals surface area contributed by atoms with Crippen molar-refractivity contribution in [3.05, 3.63) is 71.3 Å². The zero-order valence-corrected chi connectivity index (χ0v) is 16.9. The van der Waals surface area contributed by atoms with Crippen LogP contribution in [0.25, 0.3) is 6.08 Å². The molecule has 2 aromatic rings. The van der Waals surface area contributed by atoms with Gasteiger partial charge in [-0.2, -0.15) is 0 Å². The summed E-state index contributed by atoms with van der Waals surface area (Å²) in [6, 6.07) is 14.4. The number of rotatable bonds is 8. The second-order valence-electron chi connectivity index (χ2n) is 6.62. The van der Waals surface area contributed by atoms with E-state index in [2.05, 4.69) is 10.6 Å². The number of carbonyl (C=O) groups is 3. The van der Waals surface area contributed by atoms with E-state index in [-0.39, 0.29) is 18.2 Å². The van der Waals surface area contributed by atoms with Gasteiger partial charge in [-0.25, -0.2) is 4.79 Å². The van der Waals surface area contributed by atoms with Gasteiger partial charge in [0, 0.05) is 18.7 Å². The van der Waals surface area contributed by atoms with Gasteiger partial charge in [-0.05, 0) is 43.2 Å². The Morgan fingerprint density at radius 2 is 1.69 bits per heavy atom. The summed E-state index contributed by atoms with van der Waals surface area (Å²) in [6.45, 7) is 5.49. The fourth-order valence-electron chi connectivity index (χ4n) is 2.73. The van der Waals surface area contributed by atoms with E-state index in [0.29, 0.717) is 12.3 Å². The van der Waals surface area contributed by atoms with Crippen LogP contribution in [0.4, 0.5) is 5.69 Å². The fraction of sp³-hybridized carbons (Fsp3) is 0.261. The van der Waals surface area contributed by atoms with E-state index in [9.17, 15) is 14.4 Å². The zero-order chi connectivity index (χ0) is 21.2. The number of esters is 1. The third-order valence-electron chi connectivity index (χ3n) is 4.14. The molecule has 6 nitrogen and oxygen atoms in total. The molecule has 2 aromatic carbocycles. The number of hydrogen-bond donors (Lipinski definition) is 2. The molecule has 0 fully saturated rings. The Hall–Kier alpha value is -3.41. The van der Waals surface area contributed by atoms with Gasteiger partial charge in [-0.3, -0.25) is 9.59 Å². The quantitative estimate of drug-likeness (QED) is 0.527. The lowest BCUT2D eigenvalue weighted by molar-refractivity contribution is -0.137. The van der Waals surface area contributed by atoms with Crippen molar-refractivity contribution in [2.45, 2.75) is 33.2 Å². The van der Waals surface area contributed by atoms with Crippen LogP contribution in [0.1, 0.15) is 43.0 Å². The minimum atomic E-state index is -0.403. The molecule has 2 N–H and O–H groups in total. The Bertz CT molecular complexity index is 871. The fourth-order valence-corrected chi connectivity index (χ4v) is 2.73. The van der Waals surface area contributed by atoms with Crippen molar-refractivity contribution in [3.8, 4) is 0 Å². The van der Waals surface area contributed by atoms with Gasteiger partial charge < -0.3 is 15.4 Å². The van der Waals surface area contributed by atoms with Gasteiger partial charge in [0.1, 0.15) is 0 Å². The highest BCUT2D eigenvalue weighted by Crippen LogP contribution is 2.19. The van der Waals surface area contributed by atoms with E-state index < -0.39 is 12.0 Å². The van der Waals surface area contributed by atoms with E-state index >= 15 is 0 Å². The molecule has 0 bridgehead atoms. The van der Waals surface area contributed by atoms with Crippen LogP contribution < -0.4 is 10.6 Å². The number of benzene rings is 2. The molecule has 152 valence electrons. The zero-order valence-electron chi connectivity index (χ0n) is 16.9. The molecule has 0 aromatic heterocycles. The molecule has 2 amide bonds. The minimum absolute atomic E-state index is 0.118. The number of aryl methyl sites for hydroxylation is 1. The summed E-state index contributed by atoms with van der Waals surface area (Å²) in [5.74, 6) is -0.801. The van der Waals surface area contributed by atoms with Crippen molar-refractivity contribution in [2.24, 2.45) is 0 Å². The Morgan fingerprint density at radius 1 is 1.03 bits per heavy atom. The average molecular weight is 394 g/mol. The van der Waals surface area contributed by atoms with Gasteiger partial charge in [-0.15, -0.1) is 0 Å². The third-order valence-corrected chi connectivity index (χ3v) is 4.14. The Balaban J connectivity index is 1.99. The molecule has 0 aliphatic rings. The van der Waals surface area contributed by atoms with Crippen molar-refractivity contribution in [3.63, 3.8) is 0 Å². The molecule has 0 aliphatic heterocycles. The standard InChI is InChI=1S/C23H26N2O4/c1-4-29-23(28)14-9-18-7-12-20(13-8-18)25-22(27)15-21(24-17(3)26)19-10-5-16(2)6-11-19/h5-14,21H,4,15H2,1-3H3,(H,24,26)(H,25,27)/b14-9+. The first-order valence-corrected chi connectivity index (χ1v) is 9.45. The van der Waals surface area contributed by atoms with E-state index in [4.69, 9.17) is 4.74 Å². The number of nitrogens with one attached hydrogen (secondary N) is 2. The van der Waals surface area contributed by atoms with Gasteiger partial charge >= 0.3 is 5.97 Å². The van der Waals surface area contributed by atoms with Crippen LogP contribution in [0.2, 0.25) is 0 Å². The summed E-state index contributed by atoms with van der Waals surface area (Å²) < 4.78 is 4.83. The van der Waals surface area contributed by atoms with Crippen molar-refractivity contribution in [2.75, 3.05) is 11.9 Å². The SMILES string of the molecule is CCOC(=O)/C=C/c1ccc(NC(=O)CC(NC(C)=O)c2ccc(C)cc2)cc1. The van der Waals surface area contributed by atoms with Gasteiger partial charge in [0.25, 0.3) is 0 Å². The van der Waals surface area contributed by atoms with E-state index in [0.717, 1.165) is 16.7 Å². The normalized spacial score (nSPS) is 11.7. The van der Waals surface area contributed by atoms with E-state index in [1.165, 1.54) is 13.0 Å². The first-order valence-electron chi connectivity index (χ1n) is 9.45. The molecule has 0 saturated carbocycles. The first kappa shape index (κ1) is 21.9. The van der Waals surface area contributed by atoms with E-state index in [1.807, 2.05) is 31.2 Å². The predicted molar refractivity (Wildman–Crippen MR) is 113 cm³/mol. The van der Waals surface area contributed by atoms with Crippen LogP contribution >= 0.6 is 0 Å². The molecule has 0 heterocycles. The maximum Gasteiger partial charge on any atom is 0.330 e. The molecule has 0 saturated heterocycles. The summed E-state index contributed by atoms with van der Waals surface area (Å²) in [4.78, 5) is 35.4. The number of amides is 2. The van der Waals surface area contributed by atoms with Crippen LogP contribution in [0.15, 0.2) is 54.6 Å². The molecule has 0 aliphatic carbocycles. The highest BCUT2D eigenvalue weighted by molar-refractivity contribution is 5.92. The minimum Gasteiger partial charge on any atom is -0.463 e. The molecule has 1 atom stereocenters. The summed E-state index contributed by atoms with van der Waals surface area (Å²) in [6.07, 6.45) is 3.12. The molecule has 0 spiro atoms. The Labute approximate surface area is 171 Å².